The van der Waals surface area contributed by atoms with Crippen LogP contribution in [0.4, 0.5) is 13.2 Å². The van der Waals surface area contributed by atoms with Crippen molar-refractivity contribution >= 4 is 5.91 Å². The highest BCUT2D eigenvalue weighted by Crippen LogP contribution is 2.22. The van der Waals surface area contributed by atoms with Crippen molar-refractivity contribution < 1.29 is 27.4 Å². The van der Waals surface area contributed by atoms with E-state index in [4.69, 9.17) is 10.5 Å². The minimum absolute atomic E-state index is 0.117. The first-order chi connectivity index (χ1) is 11.3. The average Bonchev–Trinajstić information content (AvgIpc) is 2.92. The summed E-state index contributed by atoms with van der Waals surface area (Å²) < 4.78 is 46.6. The van der Waals surface area contributed by atoms with Gasteiger partial charge in [0, 0.05) is 6.54 Å². The molecule has 2 rings (SSSR count). The third kappa shape index (κ3) is 6.24. The Balaban J connectivity index is 1.81. The van der Waals surface area contributed by atoms with Gasteiger partial charge in [0.15, 0.2) is 0 Å². The number of hydrogen-bond acceptors (Lipinski definition) is 5. The summed E-state index contributed by atoms with van der Waals surface area (Å²) >= 11 is 0. The maximum absolute atomic E-state index is 12.1. The first-order valence-electron chi connectivity index (χ1n) is 6.91. The van der Waals surface area contributed by atoms with E-state index in [-0.39, 0.29) is 19.0 Å². The molecule has 7 nitrogen and oxygen atoms in total. The predicted octanol–water partition coefficient (Wildman–Crippen LogP) is 1.42. The number of benzene rings is 1. The van der Waals surface area contributed by atoms with Gasteiger partial charge in [-0.15, -0.1) is 18.3 Å². The number of carbonyl (C=O) groups is 1. The number of ether oxygens (including phenoxy) is 2. The van der Waals surface area contributed by atoms with Crippen molar-refractivity contribution in [2.24, 2.45) is 5.73 Å². The number of aryl methyl sites for hydroxylation is 2. The largest absolute Gasteiger partial charge is 0.573 e. The average molecular weight is 344 g/mol. The van der Waals surface area contributed by atoms with Crippen LogP contribution in [0.1, 0.15) is 11.3 Å². The molecule has 0 saturated heterocycles. The molecule has 1 aromatic heterocycles. The Morgan fingerprint density at radius 3 is 2.58 bits per heavy atom. The number of rotatable bonds is 8. The third-order valence-corrected chi connectivity index (χ3v) is 2.87. The molecule has 0 fully saturated rings. The number of nitrogens with zero attached hydrogens (tertiary/aromatic N) is 3. The molecule has 2 N–H and O–H groups in total. The summed E-state index contributed by atoms with van der Waals surface area (Å²) in [4.78, 5) is 10.5. The Hall–Kier alpha value is -2.62. The lowest BCUT2D eigenvalue weighted by molar-refractivity contribution is -0.274. The fourth-order valence-electron chi connectivity index (χ4n) is 1.87. The van der Waals surface area contributed by atoms with Gasteiger partial charge in [-0.25, -0.2) is 0 Å². The van der Waals surface area contributed by atoms with E-state index in [0.29, 0.717) is 18.7 Å². The van der Waals surface area contributed by atoms with Crippen LogP contribution in [0, 0.1) is 0 Å². The molecule has 1 heterocycles. The van der Waals surface area contributed by atoms with Gasteiger partial charge in [-0.05, 0) is 24.1 Å². The van der Waals surface area contributed by atoms with Crippen molar-refractivity contribution in [3.8, 4) is 5.75 Å². The Morgan fingerprint density at radius 1 is 1.25 bits per heavy atom. The molecule has 0 unspecified atom stereocenters. The summed E-state index contributed by atoms with van der Waals surface area (Å²) in [5.41, 5.74) is 6.31. The lowest BCUT2D eigenvalue weighted by atomic mass is 10.1. The highest BCUT2D eigenvalue weighted by molar-refractivity contribution is 5.74. The van der Waals surface area contributed by atoms with Gasteiger partial charge in [0.05, 0.1) is 12.8 Å². The van der Waals surface area contributed by atoms with Crippen LogP contribution in [-0.4, -0.2) is 33.9 Å². The maximum atomic E-state index is 12.1. The first kappa shape index (κ1) is 17.7. The fourth-order valence-corrected chi connectivity index (χ4v) is 1.87. The van der Waals surface area contributed by atoms with E-state index in [9.17, 15) is 18.0 Å². The van der Waals surface area contributed by atoms with Gasteiger partial charge in [-0.2, -0.15) is 0 Å². The number of primary amides is 1. The van der Waals surface area contributed by atoms with Crippen molar-refractivity contribution in [1.29, 1.82) is 0 Å². The van der Waals surface area contributed by atoms with Crippen LogP contribution in [0.2, 0.25) is 0 Å². The first-order valence-corrected chi connectivity index (χ1v) is 6.91. The predicted molar refractivity (Wildman–Crippen MR) is 75.7 cm³/mol. The molecule has 0 aliphatic carbocycles. The van der Waals surface area contributed by atoms with E-state index in [0.717, 1.165) is 5.56 Å². The SMILES string of the molecule is NC(=O)COCc1cn(CCc2ccc(OC(F)(F)F)cc2)nn1. The molecule has 0 radical (unpaired) electrons. The van der Waals surface area contributed by atoms with E-state index >= 15 is 0 Å². The summed E-state index contributed by atoms with van der Waals surface area (Å²) in [5.74, 6) is -0.832. The van der Waals surface area contributed by atoms with Gasteiger partial charge in [0.25, 0.3) is 0 Å². The number of amides is 1. The molecule has 0 aliphatic heterocycles. The Labute approximate surface area is 135 Å². The van der Waals surface area contributed by atoms with Gasteiger partial charge in [0.1, 0.15) is 18.1 Å². The van der Waals surface area contributed by atoms with E-state index in [1.807, 2.05) is 0 Å². The summed E-state index contributed by atoms with van der Waals surface area (Å²) in [6.45, 7) is 0.411. The van der Waals surface area contributed by atoms with Crippen molar-refractivity contribution in [2.45, 2.75) is 25.9 Å². The molecule has 130 valence electrons. The van der Waals surface area contributed by atoms with Crippen molar-refractivity contribution in [2.75, 3.05) is 6.61 Å². The summed E-state index contributed by atoms with van der Waals surface area (Å²) in [7, 11) is 0. The molecule has 0 aliphatic rings. The van der Waals surface area contributed by atoms with Gasteiger partial charge in [0.2, 0.25) is 5.91 Å². The standard InChI is InChI=1S/C14H15F3N4O3/c15-14(16,17)24-12-3-1-10(2-4-12)5-6-21-7-11(19-20-21)8-23-9-13(18)22/h1-4,7H,5-6,8-9H2,(H2,18,22). The normalized spacial score (nSPS) is 11.5. The lowest BCUT2D eigenvalue weighted by Crippen LogP contribution is -2.17. The molecular weight excluding hydrogens is 329 g/mol. The maximum Gasteiger partial charge on any atom is 0.573 e. The highest BCUT2D eigenvalue weighted by Gasteiger charge is 2.30. The van der Waals surface area contributed by atoms with E-state index in [2.05, 4.69) is 15.0 Å². The zero-order chi connectivity index (χ0) is 17.6. The van der Waals surface area contributed by atoms with Crippen LogP contribution in [0.5, 0.6) is 5.75 Å². The Kier molecular flexibility index (Phi) is 5.74. The number of alkyl halides is 3. The van der Waals surface area contributed by atoms with E-state index in [1.54, 1.807) is 23.0 Å². The van der Waals surface area contributed by atoms with Crippen LogP contribution in [0.3, 0.4) is 0 Å². The van der Waals surface area contributed by atoms with Gasteiger partial charge in [-0.1, -0.05) is 17.3 Å². The quantitative estimate of drug-likeness (QED) is 0.782. The van der Waals surface area contributed by atoms with Gasteiger partial charge < -0.3 is 15.2 Å². The van der Waals surface area contributed by atoms with Crippen LogP contribution in [0.15, 0.2) is 30.5 Å². The Bertz CT molecular complexity index is 671. The fraction of sp³-hybridized carbons (Fsp3) is 0.357. The number of nitrogens with two attached hydrogens (primary N) is 1. The molecule has 2 aromatic rings. The summed E-state index contributed by atoms with van der Waals surface area (Å²) in [6.07, 6.45) is -2.49. The van der Waals surface area contributed by atoms with Crippen LogP contribution < -0.4 is 10.5 Å². The zero-order valence-electron chi connectivity index (χ0n) is 12.5. The zero-order valence-corrected chi connectivity index (χ0v) is 12.5. The second-order valence-electron chi connectivity index (χ2n) is 4.87. The van der Waals surface area contributed by atoms with Crippen LogP contribution in [-0.2, 0) is 29.1 Å². The molecule has 1 aromatic carbocycles. The smallest absolute Gasteiger partial charge is 0.406 e. The molecule has 0 bridgehead atoms. The summed E-state index contributed by atoms with van der Waals surface area (Å²) in [5, 5.41) is 7.76. The highest BCUT2D eigenvalue weighted by atomic mass is 19.4. The van der Waals surface area contributed by atoms with E-state index < -0.39 is 12.3 Å². The monoisotopic (exact) mass is 344 g/mol. The minimum Gasteiger partial charge on any atom is -0.406 e. The van der Waals surface area contributed by atoms with Gasteiger partial charge >= 0.3 is 6.36 Å². The Morgan fingerprint density at radius 2 is 1.96 bits per heavy atom. The van der Waals surface area contributed by atoms with E-state index in [1.165, 1.54) is 12.1 Å². The van der Waals surface area contributed by atoms with Crippen molar-refractivity contribution in [1.82, 2.24) is 15.0 Å². The second kappa shape index (κ2) is 7.77. The summed E-state index contributed by atoms with van der Waals surface area (Å²) in [6, 6.07) is 5.62. The number of aromatic nitrogens is 3. The number of hydrogen-bond donors (Lipinski definition) is 1. The minimum atomic E-state index is -4.70. The number of carbonyl (C=O) groups excluding carboxylic acids is 1. The second-order valence-corrected chi connectivity index (χ2v) is 4.87. The van der Waals surface area contributed by atoms with Crippen molar-refractivity contribution in [3.63, 3.8) is 0 Å². The molecule has 0 atom stereocenters. The van der Waals surface area contributed by atoms with Crippen molar-refractivity contribution in [3.05, 3.63) is 41.7 Å². The lowest BCUT2D eigenvalue weighted by Gasteiger charge is -2.09. The molecule has 0 saturated carbocycles. The third-order valence-electron chi connectivity index (χ3n) is 2.87. The van der Waals surface area contributed by atoms with Gasteiger partial charge in [-0.3, -0.25) is 9.48 Å². The van der Waals surface area contributed by atoms with Crippen LogP contribution >= 0.6 is 0 Å². The molecule has 24 heavy (non-hydrogen) atoms. The molecule has 10 heteroatoms. The molecule has 1 amide bonds. The molecule has 0 spiro atoms. The number of halogens is 3. The van der Waals surface area contributed by atoms with Crippen LogP contribution in [0.25, 0.3) is 0 Å². The molecular formula is C14H15F3N4O3. The topological polar surface area (TPSA) is 92.3 Å².